The smallest absolute Gasteiger partial charge is 0.196 e. The number of carbonyl (C=O) groups excluding carboxylic acids is 4. The van der Waals surface area contributed by atoms with E-state index in [1.54, 1.807) is 12.2 Å². The average Bonchev–Trinajstić information content (AvgIpc) is 3.42. The second-order valence-electron chi connectivity index (χ2n) is 12.9. The van der Waals surface area contributed by atoms with Gasteiger partial charge in [-0.05, 0) is 60.4 Å². The van der Waals surface area contributed by atoms with Gasteiger partial charge in [0, 0.05) is 50.8 Å². The molecule has 2 aromatic rings. The Morgan fingerprint density at radius 1 is 0.692 bits per heavy atom. The van der Waals surface area contributed by atoms with Crippen molar-refractivity contribution in [3.63, 3.8) is 0 Å². The Bertz CT molecular complexity index is 1230. The summed E-state index contributed by atoms with van der Waals surface area (Å²) in [5.74, 6) is 2.38. The van der Waals surface area contributed by atoms with Crippen molar-refractivity contribution in [3.05, 3.63) is 52.7 Å². The van der Waals surface area contributed by atoms with Crippen molar-refractivity contribution in [2.24, 2.45) is 10.8 Å². The van der Waals surface area contributed by atoms with Crippen LogP contribution in [0.5, 0.6) is 0 Å². The van der Waals surface area contributed by atoms with Gasteiger partial charge in [-0.2, -0.15) is 0 Å². The fraction of sp³-hybridized carbons (Fsp3) is 0.500. The first kappa shape index (κ1) is 27.1. The number of nitrogens with zero attached hydrogens (tertiary/aromatic N) is 1. The predicted octanol–water partition coefficient (Wildman–Crippen LogP) is 6.33. The van der Waals surface area contributed by atoms with Crippen LogP contribution in [0.15, 0.2) is 44.2 Å². The molecule has 1 aliphatic heterocycles. The zero-order chi connectivity index (χ0) is 27.9. The summed E-state index contributed by atoms with van der Waals surface area (Å²) in [6.45, 7) is 9.36. The van der Waals surface area contributed by atoms with Crippen molar-refractivity contribution in [1.29, 1.82) is 0 Å². The monoisotopic (exact) mass is 531 g/mol. The van der Waals surface area contributed by atoms with E-state index in [-0.39, 0.29) is 51.0 Å². The maximum Gasteiger partial charge on any atom is 0.196 e. The first-order chi connectivity index (χ1) is 18.4. The van der Waals surface area contributed by atoms with Gasteiger partial charge in [0.25, 0.3) is 0 Å². The number of anilines is 1. The molecule has 5 rings (SSSR count). The number of hydrogen-bond acceptors (Lipinski definition) is 7. The lowest BCUT2D eigenvalue weighted by Crippen LogP contribution is -2.31. The van der Waals surface area contributed by atoms with Crippen LogP contribution in [-0.2, 0) is 19.2 Å². The van der Waals surface area contributed by atoms with Crippen LogP contribution < -0.4 is 4.90 Å². The molecule has 0 amide bonds. The van der Waals surface area contributed by atoms with Crippen molar-refractivity contribution in [2.75, 3.05) is 18.0 Å². The highest BCUT2D eigenvalue weighted by atomic mass is 16.4. The zero-order valence-electron chi connectivity index (χ0n) is 23.3. The van der Waals surface area contributed by atoms with Crippen LogP contribution in [0.4, 0.5) is 5.88 Å². The predicted molar refractivity (Wildman–Crippen MR) is 148 cm³/mol. The molecule has 2 saturated carbocycles. The summed E-state index contributed by atoms with van der Waals surface area (Å²) in [6.07, 6.45) is 7.40. The molecule has 0 aromatic carbocycles. The first-order valence-electron chi connectivity index (χ1n) is 13.9. The van der Waals surface area contributed by atoms with E-state index in [1.165, 1.54) is 0 Å². The fourth-order valence-electron chi connectivity index (χ4n) is 6.02. The van der Waals surface area contributed by atoms with E-state index in [1.807, 2.05) is 52.0 Å². The summed E-state index contributed by atoms with van der Waals surface area (Å²) in [5, 5.41) is 0. The molecule has 206 valence electrons. The number of rotatable bonds is 4. The van der Waals surface area contributed by atoms with Gasteiger partial charge < -0.3 is 13.7 Å². The van der Waals surface area contributed by atoms with E-state index in [4.69, 9.17) is 8.83 Å². The summed E-state index contributed by atoms with van der Waals surface area (Å²) in [6, 6.07) is 7.50. The van der Waals surface area contributed by atoms with Crippen molar-refractivity contribution < 1.29 is 28.0 Å². The molecule has 2 aliphatic carbocycles. The molecular weight excluding hydrogens is 494 g/mol. The molecule has 39 heavy (non-hydrogen) atoms. The second-order valence-corrected chi connectivity index (χ2v) is 12.9. The van der Waals surface area contributed by atoms with Gasteiger partial charge in [0.1, 0.15) is 17.3 Å². The van der Waals surface area contributed by atoms with Crippen LogP contribution in [0.3, 0.4) is 0 Å². The third kappa shape index (κ3) is 6.07. The first-order valence-corrected chi connectivity index (χ1v) is 13.9. The van der Waals surface area contributed by atoms with Crippen molar-refractivity contribution in [2.45, 2.75) is 78.6 Å². The van der Waals surface area contributed by atoms with Gasteiger partial charge in [-0.15, -0.1) is 0 Å². The molecule has 0 spiro atoms. The Kier molecular flexibility index (Phi) is 7.12. The number of carbonyl (C=O) groups is 4. The number of furan rings is 2. The van der Waals surface area contributed by atoms with Gasteiger partial charge in [0.15, 0.2) is 29.0 Å². The lowest BCUT2D eigenvalue weighted by atomic mass is 9.74. The van der Waals surface area contributed by atoms with E-state index in [0.29, 0.717) is 37.2 Å². The molecule has 1 unspecified atom stereocenters. The summed E-state index contributed by atoms with van der Waals surface area (Å²) < 4.78 is 12.1. The molecule has 3 aliphatic rings. The Morgan fingerprint density at radius 2 is 1.21 bits per heavy atom. The van der Waals surface area contributed by atoms with Crippen molar-refractivity contribution >= 4 is 41.2 Å². The Balaban J connectivity index is 1.23. The van der Waals surface area contributed by atoms with E-state index >= 15 is 0 Å². The molecule has 1 atom stereocenters. The van der Waals surface area contributed by atoms with Crippen LogP contribution in [0.25, 0.3) is 12.2 Å². The lowest BCUT2D eigenvalue weighted by molar-refractivity contribution is -0.128. The Hall–Kier alpha value is -3.48. The molecule has 2 aromatic heterocycles. The van der Waals surface area contributed by atoms with Crippen LogP contribution in [0.1, 0.15) is 95.8 Å². The zero-order valence-corrected chi connectivity index (χ0v) is 23.3. The minimum Gasteiger partial charge on any atom is -0.461 e. The molecule has 0 bridgehead atoms. The van der Waals surface area contributed by atoms with E-state index in [0.717, 1.165) is 44.0 Å². The molecule has 3 fully saturated rings. The lowest BCUT2D eigenvalue weighted by Gasteiger charge is -2.28. The molecule has 0 radical (unpaired) electrons. The minimum atomic E-state index is -0.296. The van der Waals surface area contributed by atoms with E-state index in [2.05, 4.69) is 4.90 Å². The van der Waals surface area contributed by atoms with Crippen LogP contribution in [-0.4, -0.2) is 36.2 Å². The van der Waals surface area contributed by atoms with Crippen LogP contribution in [0.2, 0.25) is 0 Å². The van der Waals surface area contributed by atoms with Crippen molar-refractivity contribution in [3.8, 4) is 0 Å². The van der Waals surface area contributed by atoms with Gasteiger partial charge >= 0.3 is 0 Å². The molecule has 0 N–H and O–H groups in total. The number of hydrogen-bond donors (Lipinski definition) is 0. The van der Waals surface area contributed by atoms with Crippen molar-refractivity contribution in [1.82, 2.24) is 0 Å². The third-order valence-corrected chi connectivity index (χ3v) is 8.03. The average molecular weight is 532 g/mol. The van der Waals surface area contributed by atoms with Gasteiger partial charge in [0.05, 0.1) is 11.1 Å². The summed E-state index contributed by atoms with van der Waals surface area (Å²) in [5.41, 5.74) is -0.114. The highest BCUT2D eigenvalue weighted by Crippen LogP contribution is 2.37. The largest absolute Gasteiger partial charge is 0.461 e. The highest BCUT2D eigenvalue weighted by Gasteiger charge is 2.37. The van der Waals surface area contributed by atoms with Gasteiger partial charge in [-0.1, -0.05) is 27.7 Å². The number of ketones is 4. The fourth-order valence-corrected chi connectivity index (χ4v) is 6.02. The Morgan fingerprint density at radius 3 is 1.77 bits per heavy atom. The molecular formula is C32H37NO6. The van der Waals surface area contributed by atoms with Crippen LogP contribution in [0, 0.1) is 10.8 Å². The van der Waals surface area contributed by atoms with E-state index < -0.39 is 0 Å². The SMILES string of the molecule is CC1(C)CC(=O)C(=Cc2ccc(C3CCCN(c4ccc(C=C5C(=O)CC(C)(C)CC5=O)o4)CC3)o2)C(=O)C1. The highest BCUT2D eigenvalue weighted by molar-refractivity contribution is 6.25. The van der Waals surface area contributed by atoms with Gasteiger partial charge in [0.2, 0.25) is 0 Å². The van der Waals surface area contributed by atoms with Crippen LogP contribution >= 0.6 is 0 Å². The summed E-state index contributed by atoms with van der Waals surface area (Å²) >= 11 is 0. The van der Waals surface area contributed by atoms with Gasteiger partial charge in [-0.25, -0.2) is 0 Å². The quantitative estimate of drug-likeness (QED) is 0.336. The Labute approximate surface area is 229 Å². The van der Waals surface area contributed by atoms with E-state index in [9.17, 15) is 19.2 Å². The maximum atomic E-state index is 12.5. The number of Topliss-reactive ketones (excluding diaryl/α,β-unsaturated/α-hetero) is 4. The molecule has 7 nitrogen and oxygen atoms in total. The number of allylic oxidation sites excluding steroid dienone is 2. The molecule has 1 saturated heterocycles. The summed E-state index contributed by atoms with van der Waals surface area (Å²) in [7, 11) is 0. The third-order valence-electron chi connectivity index (χ3n) is 8.03. The molecule has 7 heteroatoms. The minimum absolute atomic E-state index is 0.117. The topological polar surface area (TPSA) is 97.8 Å². The van der Waals surface area contributed by atoms with Gasteiger partial charge in [-0.3, -0.25) is 19.2 Å². The maximum absolute atomic E-state index is 12.5. The normalized spacial score (nSPS) is 23.7. The molecule has 3 heterocycles. The summed E-state index contributed by atoms with van der Waals surface area (Å²) in [4.78, 5) is 52.3. The second kappa shape index (κ2) is 10.2. The standard InChI is InChI=1S/C32H37NO6/c1-31(2)16-25(34)23(26(35)17-31)14-21-7-9-29(38-21)20-6-5-12-33(13-11-20)30-10-8-22(39-30)15-24-27(36)18-32(3,4)19-28(24)37/h7-10,14-15,20H,5-6,11-13,16-19H2,1-4H3.